The molecule has 3 N–H and O–H groups in total. The standard InChI is InChI=1S/C12H19N3O/c1-5-12(3,4)15-11(16)10-6-9(13)7-14-8(10)2/h6-7H,5,13H2,1-4H3,(H,15,16). The summed E-state index contributed by atoms with van der Waals surface area (Å²) in [6, 6.07) is 1.66. The number of carbonyl (C=O) groups is 1. The van der Waals surface area contributed by atoms with Crippen molar-refractivity contribution in [3.63, 3.8) is 0 Å². The van der Waals surface area contributed by atoms with Crippen molar-refractivity contribution in [1.82, 2.24) is 10.3 Å². The van der Waals surface area contributed by atoms with Gasteiger partial charge in [-0.2, -0.15) is 0 Å². The lowest BCUT2D eigenvalue weighted by molar-refractivity contribution is 0.0910. The van der Waals surface area contributed by atoms with Gasteiger partial charge in [0.15, 0.2) is 0 Å². The summed E-state index contributed by atoms with van der Waals surface area (Å²) < 4.78 is 0. The molecule has 0 saturated heterocycles. The molecule has 0 aliphatic heterocycles. The molecule has 1 heterocycles. The third kappa shape index (κ3) is 2.95. The molecule has 0 radical (unpaired) electrons. The van der Waals surface area contributed by atoms with Gasteiger partial charge in [0.05, 0.1) is 23.1 Å². The minimum atomic E-state index is -0.214. The molecule has 0 unspecified atom stereocenters. The van der Waals surface area contributed by atoms with Crippen LogP contribution in [0.4, 0.5) is 5.69 Å². The quantitative estimate of drug-likeness (QED) is 0.819. The molecule has 1 aromatic heterocycles. The molecule has 0 fully saturated rings. The molecule has 0 aliphatic rings. The topological polar surface area (TPSA) is 68.0 Å². The molecule has 4 heteroatoms. The second-order valence-electron chi connectivity index (χ2n) is 4.59. The lowest BCUT2D eigenvalue weighted by Gasteiger charge is -2.24. The highest BCUT2D eigenvalue weighted by Crippen LogP contribution is 2.13. The maximum Gasteiger partial charge on any atom is 0.253 e. The number of aromatic nitrogens is 1. The number of rotatable bonds is 3. The van der Waals surface area contributed by atoms with Crippen LogP contribution in [0.5, 0.6) is 0 Å². The van der Waals surface area contributed by atoms with Gasteiger partial charge in [0, 0.05) is 5.54 Å². The van der Waals surface area contributed by atoms with Crippen LogP contribution < -0.4 is 11.1 Å². The van der Waals surface area contributed by atoms with Crippen LogP contribution in [0.15, 0.2) is 12.3 Å². The average Bonchev–Trinajstić information content (AvgIpc) is 2.21. The summed E-state index contributed by atoms with van der Waals surface area (Å²) in [6.07, 6.45) is 2.42. The van der Waals surface area contributed by atoms with Gasteiger partial charge in [0.1, 0.15) is 0 Å². The highest BCUT2D eigenvalue weighted by Gasteiger charge is 2.20. The molecule has 0 atom stereocenters. The van der Waals surface area contributed by atoms with E-state index in [2.05, 4.69) is 10.3 Å². The number of hydrogen-bond acceptors (Lipinski definition) is 3. The minimum Gasteiger partial charge on any atom is -0.397 e. The van der Waals surface area contributed by atoms with E-state index in [0.717, 1.165) is 6.42 Å². The molecule has 0 aromatic carbocycles. The van der Waals surface area contributed by atoms with E-state index in [0.29, 0.717) is 16.9 Å². The number of nitrogens with one attached hydrogen (secondary N) is 1. The fourth-order valence-corrected chi connectivity index (χ4v) is 1.24. The van der Waals surface area contributed by atoms with E-state index >= 15 is 0 Å². The van der Waals surface area contributed by atoms with Crippen molar-refractivity contribution in [2.24, 2.45) is 0 Å². The second-order valence-corrected chi connectivity index (χ2v) is 4.59. The maximum absolute atomic E-state index is 12.0. The number of anilines is 1. The van der Waals surface area contributed by atoms with Gasteiger partial charge in [0.2, 0.25) is 0 Å². The molecule has 0 spiro atoms. The number of nitrogen functional groups attached to an aromatic ring is 1. The Labute approximate surface area is 96.3 Å². The number of nitrogens with two attached hydrogens (primary N) is 1. The van der Waals surface area contributed by atoms with E-state index in [1.54, 1.807) is 19.2 Å². The van der Waals surface area contributed by atoms with E-state index in [-0.39, 0.29) is 11.4 Å². The van der Waals surface area contributed by atoms with Gasteiger partial charge >= 0.3 is 0 Å². The largest absolute Gasteiger partial charge is 0.397 e. The molecular formula is C12H19N3O. The van der Waals surface area contributed by atoms with Crippen LogP contribution in [0.2, 0.25) is 0 Å². The summed E-state index contributed by atoms with van der Waals surface area (Å²) >= 11 is 0. The Kier molecular flexibility index (Phi) is 3.52. The van der Waals surface area contributed by atoms with Gasteiger partial charge in [-0.25, -0.2) is 0 Å². The number of hydrogen-bond donors (Lipinski definition) is 2. The first kappa shape index (κ1) is 12.5. The molecular weight excluding hydrogens is 202 g/mol. The Morgan fingerprint density at radius 1 is 1.56 bits per heavy atom. The molecule has 88 valence electrons. The number of nitrogens with zero attached hydrogens (tertiary/aromatic N) is 1. The van der Waals surface area contributed by atoms with Gasteiger partial charge in [-0.15, -0.1) is 0 Å². The van der Waals surface area contributed by atoms with Crippen LogP contribution in [0.3, 0.4) is 0 Å². The minimum absolute atomic E-state index is 0.121. The molecule has 0 saturated carbocycles. The molecule has 1 amide bonds. The third-order valence-corrected chi connectivity index (χ3v) is 2.69. The molecule has 1 rings (SSSR count). The predicted octanol–water partition coefficient (Wildman–Crippen LogP) is 1.89. The van der Waals surface area contributed by atoms with Crippen LogP contribution >= 0.6 is 0 Å². The summed E-state index contributed by atoms with van der Waals surface area (Å²) in [4.78, 5) is 16.1. The summed E-state index contributed by atoms with van der Waals surface area (Å²) in [5.41, 5.74) is 7.15. The van der Waals surface area contributed by atoms with E-state index < -0.39 is 0 Å². The highest BCUT2D eigenvalue weighted by atomic mass is 16.1. The van der Waals surface area contributed by atoms with E-state index in [9.17, 15) is 4.79 Å². The third-order valence-electron chi connectivity index (χ3n) is 2.69. The Balaban J connectivity index is 2.93. The van der Waals surface area contributed by atoms with E-state index in [1.807, 2.05) is 20.8 Å². The van der Waals surface area contributed by atoms with Crippen molar-refractivity contribution in [2.75, 3.05) is 5.73 Å². The molecule has 0 bridgehead atoms. The fourth-order valence-electron chi connectivity index (χ4n) is 1.24. The summed E-state index contributed by atoms with van der Waals surface area (Å²) in [7, 11) is 0. The first-order valence-electron chi connectivity index (χ1n) is 5.40. The Bertz CT molecular complexity index is 399. The predicted molar refractivity (Wildman–Crippen MR) is 65.2 cm³/mol. The van der Waals surface area contributed by atoms with Crippen LogP contribution in [0.25, 0.3) is 0 Å². The van der Waals surface area contributed by atoms with Gasteiger partial charge in [-0.3, -0.25) is 9.78 Å². The van der Waals surface area contributed by atoms with Crippen LogP contribution in [0.1, 0.15) is 43.2 Å². The average molecular weight is 221 g/mol. The van der Waals surface area contributed by atoms with Gasteiger partial charge in [-0.05, 0) is 33.3 Å². The van der Waals surface area contributed by atoms with Crippen molar-refractivity contribution in [3.8, 4) is 0 Å². The summed E-state index contributed by atoms with van der Waals surface area (Å²) in [6.45, 7) is 7.80. The van der Waals surface area contributed by atoms with Gasteiger partial charge in [0.25, 0.3) is 5.91 Å². The van der Waals surface area contributed by atoms with Crippen molar-refractivity contribution < 1.29 is 4.79 Å². The number of carbonyl (C=O) groups excluding carboxylic acids is 1. The van der Waals surface area contributed by atoms with Crippen molar-refractivity contribution >= 4 is 11.6 Å². The second kappa shape index (κ2) is 4.51. The Hall–Kier alpha value is -1.58. The monoisotopic (exact) mass is 221 g/mol. The smallest absolute Gasteiger partial charge is 0.253 e. The maximum atomic E-state index is 12.0. The number of aryl methyl sites for hydroxylation is 1. The van der Waals surface area contributed by atoms with Crippen LogP contribution in [-0.2, 0) is 0 Å². The summed E-state index contributed by atoms with van der Waals surface area (Å²) in [5, 5.41) is 2.96. The lowest BCUT2D eigenvalue weighted by atomic mass is 10.0. The van der Waals surface area contributed by atoms with Crippen molar-refractivity contribution in [1.29, 1.82) is 0 Å². The van der Waals surface area contributed by atoms with E-state index in [1.165, 1.54) is 0 Å². The van der Waals surface area contributed by atoms with Gasteiger partial charge in [-0.1, -0.05) is 6.92 Å². The SMILES string of the molecule is CCC(C)(C)NC(=O)c1cc(N)cnc1C. The Morgan fingerprint density at radius 2 is 2.19 bits per heavy atom. The van der Waals surface area contributed by atoms with Crippen molar-refractivity contribution in [3.05, 3.63) is 23.5 Å². The van der Waals surface area contributed by atoms with Crippen molar-refractivity contribution in [2.45, 2.75) is 39.7 Å². The van der Waals surface area contributed by atoms with Crippen LogP contribution in [0, 0.1) is 6.92 Å². The molecule has 1 aromatic rings. The lowest BCUT2D eigenvalue weighted by Crippen LogP contribution is -2.43. The molecule has 16 heavy (non-hydrogen) atoms. The first-order valence-corrected chi connectivity index (χ1v) is 5.40. The number of pyridine rings is 1. The highest BCUT2D eigenvalue weighted by molar-refractivity contribution is 5.96. The normalized spacial score (nSPS) is 11.2. The Morgan fingerprint density at radius 3 is 2.75 bits per heavy atom. The molecule has 4 nitrogen and oxygen atoms in total. The first-order chi connectivity index (χ1) is 7.35. The van der Waals surface area contributed by atoms with Gasteiger partial charge < -0.3 is 11.1 Å². The number of amides is 1. The zero-order valence-corrected chi connectivity index (χ0v) is 10.3. The van der Waals surface area contributed by atoms with E-state index in [4.69, 9.17) is 5.73 Å². The summed E-state index contributed by atoms with van der Waals surface area (Å²) in [5.74, 6) is -0.121. The molecule has 0 aliphatic carbocycles. The zero-order chi connectivity index (χ0) is 12.3. The zero-order valence-electron chi connectivity index (χ0n) is 10.3. The van der Waals surface area contributed by atoms with Crippen LogP contribution in [-0.4, -0.2) is 16.4 Å². The fraction of sp³-hybridized carbons (Fsp3) is 0.500.